The molecule has 0 saturated heterocycles. The van der Waals surface area contributed by atoms with Crippen LogP contribution in [0.25, 0.3) is 12.2 Å². The summed E-state index contributed by atoms with van der Waals surface area (Å²) in [7, 11) is 16.4. The van der Waals surface area contributed by atoms with Crippen molar-refractivity contribution >= 4 is 35.1 Å². The van der Waals surface area contributed by atoms with Crippen molar-refractivity contribution < 1.29 is 15.6 Å². The van der Waals surface area contributed by atoms with Crippen molar-refractivity contribution in [3.8, 4) is 0 Å². The van der Waals surface area contributed by atoms with Crippen molar-refractivity contribution in [2.45, 2.75) is 73.7 Å². The molecule has 0 amide bonds. The first kappa shape index (κ1) is 24.7. The Morgan fingerprint density at radius 3 is 1.41 bits per heavy atom. The molecule has 4 heteroatoms. The molecule has 32 heavy (non-hydrogen) atoms. The van der Waals surface area contributed by atoms with Crippen molar-refractivity contribution in [2.24, 2.45) is 0 Å². The number of hydrogen-bond donors (Lipinski definition) is 0. The number of fused-ring (bicyclic) bond motifs is 2. The average molecular weight is 564 g/mol. The van der Waals surface area contributed by atoms with Gasteiger partial charge >= 0.3 is 205 Å². The van der Waals surface area contributed by atoms with E-state index in [0.717, 1.165) is 0 Å². The van der Waals surface area contributed by atoms with Gasteiger partial charge in [-0.05, 0) is 0 Å². The summed E-state index contributed by atoms with van der Waals surface area (Å²) >= 11 is -4.47. The van der Waals surface area contributed by atoms with Crippen LogP contribution in [-0.4, -0.2) is 5.92 Å². The van der Waals surface area contributed by atoms with Crippen LogP contribution in [0.1, 0.15) is 94.0 Å². The first-order chi connectivity index (χ1) is 14.9. The van der Waals surface area contributed by atoms with Gasteiger partial charge in [-0.15, -0.1) is 0 Å². The Balaban J connectivity index is 1.99. The Hall–Kier alpha value is -0.400. The van der Waals surface area contributed by atoms with Gasteiger partial charge in [0, 0.05) is 0 Å². The molecule has 0 heterocycles. The normalized spacial score (nSPS) is 21.5. The van der Waals surface area contributed by atoms with E-state index < -0.39 is 21.5 Å². The summed E-state index contributed by atoms with van der Waals surface area (Å²) in [5.74, 6) is -0.470. The number of rotatable bonds is 5. The monoisotopic (exact) mass is 561 g/mol. The van der Waals surface area contributed by atoms with Crippen molar-refractivity contribution in [1.82, 2.24) is 0 Å². The third-order valence-electron chi connectivity index (χ3n) is 8.07. The second-order valence-electron chi connectivity index (χ2n) is 11.0. The van der Waals surface area contributed by atoms with Crippen LogP contribution in [0.3, 0.4) is 0 Å². The van der Waals surface area contributed by atoms with Crippen LogP contribution >= 0.6 is 17.0 Å². The van der Waals surface area contributed by atoms with Crippen LogP contribution in [0.15, 0.2) is 47.5 Å². The van der Waals surface area contributed by atoms with E-state index in [-0.39, 0.29) is 7.25 Å². The van der Waals surface area contributed by atoms with Crippen molar-refractivity contribution in [3.05, 3.63) is 80.9 Å². The van der Waals surface area contributed by atoms with Gasteiger partial charge in [0.05, 0.1) is 0 Å². The molecule has 0 nitrogen and oxygen atoms in total. The van der Waals surface area contributed by atoms with E-state index in [1.165, 1.54) is 44.5 Å². The van der Waals surface area contributed by atoms with Gasteiger partial charge in [-0.1, -0.05) is 0 Å². The van der Waals surface area contributed by atoms with E-state index in [4.69, 9.17) is 17.0 Å². The molecular formula is C28H37Cl2SiZr. The zero-order valence-electron chi connectivity index (χ0n) is 20.8. The molecule has 2 atom stereocenters. The quantitative estimate of drug-likeness (QED) is 0.318. The molecule has 0 bridgehead atoms. The fraction of sp³-hybridized carbons (Fsp3) is 0.429. The first-order valence-corrected chi connectivity index (χ1v) is 28.4. The van der Waals surface area contributed by atoms with Crippen molar-refractivity contribution in [3.63, 3.8) is 0 Å². The van der Waals surface area contributed by atoms with Gasteiger partial charge in [0.25, 0.3) is 0 Å². The Labute approximate surface area is 203 Å². The predicted molar refractivity (Wildman–Crippen MR) is 144 cm³/mol. The molecule has 0 radical (unpaired) electrons. The van der Waals surface area contributed by atoms with E-state index in [9.17, 15) is 0 Å². The van der Waals surface area contributed by atoms with Crippen molar-refractivity contribution in [1.29, 1.82) is 0 Å². The zero-order chi connectivity index (χ0) is 23.6. The number of halogens is 2. The van der Waals surface area contributed by atoms with E-state index in [1.54, 1.807) is 0 Å². The molecule has 2 aromatic rings. The summed E-state index contributed by atoms with van der Waals surface area (Å²) in [6.07, 6.45) is 4.81. The van der Waals surface area contributed by atoms with Crippen LogP contribution in [0.2, 0.25) is 13.1 Å². The second-order valence-corrected chi connectivity index (χ2v) is 53.5. The van der Waals surface area contributed by atoms with Crippen LogP contribution < -0.4 is 0 Å². The van der Waals surface area contributed by atoms with E-state index >= 15 is 0 Å². The summed E-state index contributed by atoms with van der Waals surface area (Å²) in [6.45, 7) is 18.5. The fourth-order valence-electron chi connectivity index (χ4n) is 6.46. The topological polar surface area (TPSA) is 0 Å². The molecule has 0 fully saturated rings. The molecule has 0 spiro atoms. The van der Waals surface area contributed by atoms with Gasteiger partial charge in [0.2, 0.25) is 0 Å². The average Bonchev–Trinajstić information content (AvgIpc) is 3.23. The summed E-state index contributed by atoms with van der Waals surface area (Å²) in [5.41, 5.74) is 11.2. The Morgan fingerprint density at radius 2 is 1.09 bits per heavy atom. The van der Waals surface area contributed by atoms with Crippen molar-refractivity contribution in [2.75, 3.05) is 0 Å². The summed E-state index contributed by atoms with van der Waals surface area (Å²) in [4.78, 5) is 0. The minimum absolute atomic E-state index is 0.196. The van der Waals surface area contributed by atoms with Gasteiger partial charge in [-0.2, -0.15) is 0 Å². The maximum absolute atomic E-state index is 8.21. The maximum atomic E-state index is 8.21. The first-order valence-electron chi connectivity index (χ1n) is 12.1. The van der Waals surface area contributed by atoms with E-state index in [0.29, 0.717) is 11.8 Å². The Morgan fingerprint density at radius 1 is 0.719 bits per heavy atom. The molecule has 2 aliphatic carbocycles. The van der Waals surface area contributed by atoms with E-state index in [2.05, 4.69) is 103 Å². The molecule has 2 aliphatic rings. The molecule has 4 rings (SSSR count). The van der Waals surface area contributed by atoms with Gasteiger partial charge in [0.15, 0.2) is 0 Å². The molecule has 0 aliphatic heterocycles. The van der Waals surface area contributed by atoms with Crippen LogP contribution in [0, 0.1) is 0 Å². The second kappa shape index (κ2) is 8.37. The molecular weight excluding hydrogens is 527 g/mol. The van der Waals surface area contributed by atoms with Gasteiger partial charge in [-0.25, -0.2) is 0 Å². The van der Waals surface area contributed by atoms with E-state index in [1.807, 2.05) is 0 Å². The summed E-state index contributed by atoms with van der Waals surface area (Å²) in [6, 6.07) is 13.6. The van der Waals surface area contributed by atoms with Crippen LogP contribution in [0.4, 0.5) is 0 Å². The number of hydrogen-bond acceptors (Lipinski definition) is 0. The molecule has 0 saturated carbocycles. The summed E-state index contributed by atoms with van der Waals surface area (Å²) < 4.78 is 0.393. The predicted octanol–water partition coefficient (Wildman–Crippen LogP) is 9.53. The van der Waals surface area contributed by atoms with Crippen LogP contribution in [-0.2, 0) is 15.6 Å². The zero-order valence-corrected chi connectivity index (χ0v) is 25.9. The Kier molecular flexibility index (Phi) is 6.46. The third-order valence-corrected chi connectivity index (χ3v) is 60.3. The molecule has 2 aromatic carbocycles. The Bertz CT molecular complexity index is 1060. The molecule has 0 N–H and O–H groups in total. The SMILES string of the molecule is CC1=Cc2c(C(C)C)cccc2[CH]1[Zr]([Cl])([Cl])([CH]1C(C)=Cc2c(C(C)C)cccc21)[SiH](C)C. The molecule has 2 unspecified atom stereocenters. The third kappa shape index (κ3) is 3.46. The molecule has 0 aromatic heterocycles. The van der Waals surface area contributed by atoms with Gasteiger partial charge in [0.1, 0.15) is 0 Å². The van der Waals surface area contributed by atoms with Gasteiger partial charge in [-0.3, -0.25) is 0 Å². The number of benzene rings is 2. The minimum atomic E-state index is -4.47. The van der Waals surface area contributed by atoms with Crippen LogP contribution in [0.5, 0.6) is 0 Å². The molecule has 171 valence electrons. The summed E-state index contributed by atoms with van der Waals surface area (Å²) in [5, 5.41) is 0. The van der Waals surface area contributed by atoms with Gasteiger partial charge < -0.3 is 0 Å². The fourth-order valence-corrected chi connectivity index (χ4v) is 39.4. The number of allylic oxidation sites excluding steroid dienone is 2. The standard InChI is InChI=1S/2C13H15.C2H7Si.2ClH.Zr/c2*1-9(2)12-6-4-5-11-7-10(3)8-13(11)12;1-3-2;;;/h2*4-9H,1-3H3;3H,1-2H3;2*1H;/q;;;;;+2/p-2.